The summed E-state index contributed by atoms with van der Waals surface area (Å²) in [6.07, 6.45) is 2.02. The van der Waals surface area contributed by atoms with E-state index in [4.69, 9.17) is 0 Å². The SMILES string of the molecule is CCC(C)C(C)NCCC(C)(C)O. The maximum atomic E-state index is 9.49. The molecular formula is C11H25NO. The maximum Gasteiger partial charge on any atom is 0.0603 e. The van der Waals surface area contributed by atoms with E-state index in [0.717, 1.165) is 13.0 Å². The zero-order valence-corrected chi connectivity index (χ0v) is 9.72. The van der Waals surface area contributed by atoms with Crippen LogP contribution in [0.1, 0.15) is 47.5 Å². The van der Waals surface area contributed by atoms with E-state index in [2.05, 4.69) is 26.1 Å². The van der Waals surface area contributed by atoms with E-state index >= 15 is 0 Å². The predicted molar refractivity (Wildman–Crippen MR) is 57.8 cm³/mol. The summed E-state index contributed by atoms with van der Waals surface area (Å²) in [4.78, 5) is 0. The first kappa shape index (κ1) is 12.9. The molecule has 0 aliphatic rings. The van der Waals surface area contributed by atoms with Crippen LogP contribution in [0.25, 0.3) is 0 Å². The lowest BCUT2D eigenvalue weighted by Gasteiger charge is -2.23. The average molecular weight is 187 g/mol. The molecule has 0 fully saturated rings. The van der Waals surface area contributed by atoms with Crippen molar-refractivity contribution < 1.29 is 5.11 Å². The third kappa shape index (κ3) is 7.03. The molecule has 0 radical (unpaired) electrons. The van der Waals surface area contributed by atoms with Crippen LogP contribution in [0.3, 0.4) is 0 Å². The van der Waals surface area contributed by atoms with Crippen molar-refractivity contribution in [1.29, 1.82) is 0 Å². The van der Waals surface area contributed by atoms with Gasteiger partial charge in [-0.05, 0) is 39.7 Å². The van der Waals surface area contributed by atoms with Crippen molar-refractivity contribution in [3.8, 4) is 0 Å². The largest absolute Gasteiger partial charge is 0.390 e. The molecule has 0 rings (SSSR count). The molecule has 0 heterocycles. The Balaban J connectivity index is 3.53. The Hall–Kier alpha value is -0.0800. The molecule has 2 N–H and O–H groups in total. The Morgan fingerprint density at radius 1 is 1.31 bits per heavy atom. The molecule has 0 aliphatic heterocycles. The van der Waals surface area contributed by atoms with Crippen molar-refractivity contribution in [3.05, 3.63) is 0 Å². The lowest BCUT2D eigenvalue weighted by Crippen LogP contribution is -2.35. The van der Waals surface area contributed by atoms with E-state index in [1.165, 1.54) is 6.42 Å². The zero-order chi connectivity index (χ0) is 10.5. The van der Waals surface area contributed by atoms with Crippen LogP contribution >= 0.6 is 0 Å². The van der Waals surface area contributed by atoms with Crippen molar-refractivity contribution in [2.75, 3.05) is 6.54 Å². The summed E-state index contributed by atoms with van der Waals surface area (Å²) in [5.74, 6) is 0.710. The van der Waals surface area contributed by atoms with E-state index in [0.29, 0.717) is 12.0 Å². The molecule has 0 aromatic rings. The third-order valence-corrected chi connectivity index (χ3v) is 2.70. The second-order valence-corrected chi connectivity index (χ2v) is 4.69. The van der Waals surface area contributed by atoms with Gasteiger partial charge in [-0.2, -0.15) is 0 Å². The first-order chi connectivity index (χ1) is 5.87. The molecular weight excluding hydrogens is 162 g/mol. The standard InChI is InChI=1S/C11H25NO/c1-6-9(2)10(3)12-8-7-11(4,5)13/h9-10,12-13H,6-8H2,1-5H3. The van der Waals surface area contributed by atoms with E-state index in [-0.39, 0.29) is 0 Å². The molecule has 80 valence electrons. The van der Waals surface area contributed by atoms with Crippen LogP contribution in [0.5, 0.6) is 0 Å². The molecule has 0 spiro atoms. The minimum Gasteiger partial charge on any atom is -0.390 e. The summed E-state index contributed by atoms with van der Waals surface area (Å²) in [5.41, 5.74) is -0.540. The minimum atomic E-state index is -0.540. The number of hydrogen-bond acceptors (Lipinski definition) is 2. The molecule has 13 heavy (non-hydrogen) atoms. The highest BCUT2D eigenvalue weighted by atomic mass is 16.3. The van der Waals surface area contributed by atoms with Gasteiger partial charge >= 0.3 is 0 Å². The molecule has 2 heteroatoms. The maximum absolute atomic E-state index is 9.49. The smallest absolute Gasteiger partial charge is 0.0603 e. The van der Waals surface area contributed by atoms with E-state index in [9.17, 15) is 5.11 Å². The van der Waals surface area contributed by atoms with E-state index in [1.54, 1.807) is 0 Å². The Kier molecular flexibility index (Phi) is 5.57. The fourth-order valence-corrected chi connectivity index (χ4v) is 1.16. The summed E-state index contributed by atoms with van der Waals surface area (Å²) in [7, 11) is 0. The topological polar surface area (TPSA) is 32.3 Å². The molecule has 0 bridgehead atoms. The Bertz CT molecular complexity index is 129. The van der Waals surface area contributed by atoms with Crippen molar-refractivity contribution in [2.24, 2.45) is 5.92 Å². The van der Waals surface area contributed by atoms with Gasteiger partial charge in [0.2, 0.25) is 0 Å². The van der Waals surface area contributed by atoms with Gasteiger partial charge in [-0.1, -0.05) is 20.3 Å². The van der Waals surface area contributed by atoms with Gasteiger partial charge in [0.25, 0.3) is 0 Å². The molecule has 0 amide bonds. The number of aliphatic hydroxyl groups is 1. The number of nitrogens with one attached hydrogen (secondary N) is 1. The first-order valence-corrected chi connectivity index (χ1v) is 5.32. The normalized spacial score (nSPS) is 17.1. The first-order valence-electron chi connectivity index (χ1n) is 5.32. The highest BCUT2D eigenvalue weighted by Crippen LogP contribution is 2.09. The summed E-state index contributed by atoms with van der Waals surface area (Å²) < 4.78 is 0. The van der Waals surface area contributed by atoms with Crippen molar-refractivity contribution in [3.63, 3.8) is 0 Å². The monoisotopic (exact) mass is 187 g/mol. The summed E-state index contributed by atoms with van der Waals surface area (Å²) in [5, 5.41) is 12.9. The second kappa shape index (κ2) is 5.61. The Morgan fingerprint density at radius 3 is 2.23 bits per heavy atom. The van der Waals surface area contributed by atoms with E-state index in [1.807, 2.05) is 13.8 Å². The summed E-state index contributed by atoms with van der Waals surface area (Å²) in [6.45, 7) is 11.3. The van der Waals surface area contributed by atoms with Gasteiger partial charge in [0.1, 0.15) is 0 Å². The minimum absolute atomic E-state index is 0.540. The van der Waals surface area contributed by atoms with Gasteiger partial charge in [-0.25, -0.2) is 0 Å². The van der Waals surface area contributed by atoms with Crippen LogP contribution in [0.2, 0.25) is 0 Å². The second-order valence-electron chi connectivity index (χ2n) is 4.69. The Labute approximate surface area is 82.7 Å². The van der Waals surface area contributed by atoms with E-state index < -0.39 is 5.60 Å². The lowest BCUT2D eigenvalue weighted by atomic mass is 10.00. The van der Waals surface area contributed by atoms with Crippen LogP contribution in [-0.2, 0) is 0 Å². The summed E-state index contributed by atoms with van der Waals surface area (Å²) >= 11 is 0. The van der Waals surface area contributed by atoms with Gasteiger partial charge in [0.15, 0.2) is 0 Å². The molecule has 2 nitrogen and oxygen atoms in total. The zero-order valence-electron chi connectivity index (χ0n) is 9.72. The fourth-order valence-electron chi connectivity index (χ4n) is 1.16. The highest BCUT2D eigenvalue weighted by Gasteiger charge is 2.14. The van der Waals surface area contributed by atoms with Gasteiger partial charge in [0.05, 0.1) is 5.60 Å². The predicted octanol–water partition coefficient (Wildman–Crippen LogP) is 2.17. The molecule has 2 unspecified atom stereocenters. The van der Waals surface area contributed by atoms with Crippen LogP contribution < -0.4 is 5.32 Å². The fraction of sp³-hybridized carbons (Fsp3) is 1.00. The van der Waals surface area contributed by atoms with Gasteiger partial charge in [0, 0.05) is 6.04 Å². The molecule has 0 aliphatic carbocycles. The van der Waals surface area contributed by atoms with Crippen molar-refractivity contribution in [2.45, 2.75) is 59.1 Å². The van der Waals surface area contributed by atoms with Gasteiger partial charge in [-0.3, -0.25) is 0 Å². The van der Waals surface area contributed by atoms with Crippen molar-refractivity contribution >= 4 is 0 Å². The average Bonchev–Trinajstić information content (AvgIpc) is 2.00. The van der Waals surface area contributed by atoms with Gasteiger partial charge < -0.3 is 10.4 Å². The Morgan fingerprint density at radius 2 is 1.85 bits per heavy atom. The molecule has 0 saturated heterocycles. The number of hydrogen-bond donors (Lipinski definition) is 2. The molecule has 0 saturated carbocycles. The van der Waals surface area contributed by atoms with Crippen molar-refractivity contribution in [1.82, 2.24) is 5.32 Å². The van der Waals surface area contributed by atoms with Crippen LogP contribution in [0.15, 0.2) is 0 Å². The molecule has 2 atom stereocenters. The van der Waals surface area contributed by atoms with Crippen LogP contribution in [-0.4, -0.2) is 23.3 Å². The lowest BCUT2D eigenvalue weighted by molar-refractivity contribution is 0.0699. The number of rotatable bonds is 6. The van der Waals surface area contributed by atoms with Crippen LogP contribution in [0.4, 0.5) is 0 Å². The van der Waals surface area contributed by atoms with Crippen LogP contribution in [0, 0.1) is 5.92 Å². The highest BCUT2D eigenvalue weighted by molar-refractivity contribution is 4.71. The quantitative estimate of drug-likeness (QED) is 0.668. The molecule has 0 aromatic carbocycles. The summed E-state index contributed by atoms with van der Waals surface area (Å²) in [6, 6.07) is 0.548. The third-order valence-electron chi connectivity index (χ3n) is 2.70. The molecule has 0 aromatic heterocycles. The van der Waals surface area contributed by atoms with Gasteiger partial charge in [-0.15, -0.1) is 0 Å².